The molecule has 1 rings (SSSR count). The van der Waals surface area contributed by atoms with Gasteiger partial charge in [0.15, 0.2) is 0 Å². The maximum atomic E-state index is 3.03. The Morgan fingerprint density at radius 2 is 1.04 bits per heavy atom. The van der Waals surface area contributed by atoms with Gasteiger partial charge >= 0.3 is 169 Å². The van der Waals surface area contributed by atoms with Crippen molar-refractivity contribution in [3.63, 3.8) is 0 Å². The first-order chi connectivity index (χ1) is 12.1. The van der Waals surface area contributed by atoms with Crippen LogP contribution in [-0.2, 0) is 0 Å². The second kappa shape index (κ2) is 12.3. The Balaban J connectivity index is 3.47. The first-order valence-electron chi connectivity index (χ1n) is 11.8. The maximum absolute atomic E-state index is 3.03. The van der Waals surface area contributed by atoms with Crippen molar-refractivity contribution in [2.45, 2.75) is 124 Å². The molecule has 0 radical (unpaired) electrons. The molecule has 148 valence electrons. The third-order valence-electron chi connectivity index (χ3n) is 7.72. The van der Waals surface area contributed by atoms with E-state index >= 15 is 0 Å². The fourth-order valence-electron chi connectivity index (χ4n) is 6.89. The molecule has 1 saturated heterocycles. The Kier molecular flexibility index (Phi) is 11.8. The van der Waals surface area contributed by atoms with Crippen molar-refractivity contribution in [2.75, 3.05) is 6.54 Å². The molecular formula is C23H48InN. The molecule has 6 unspecified atom stereocenters. The summed E-state index contributed by atoms with van der Waals surface area (Å²) in [5.74, 6) is 1.95. The number of rotatable bonds is 9. The Bertz CT molecular complexity index is 317. The zero-order chi connectivity index (χ0) is 19.0. The van der Waals surface area contributed by atoms with Gasteiger partial charge in [0, 0.05) is 0 Å². The molecule has 0 N–H and O–H groups in total. The molecule has 0 spiro atoms. The Hall–Kier alpha value is 0.830. The van der Waals surface area contributed by atoms with Gasteiger partial charge in [0.2, 0.25) is 0 Å². The average Bonchev–Trinajstić information content (AvgIpc) is 2.63. The molecule has 6 atom stereocenters. The minimum atomic E-state index is -1.59. The molecule has 1 fully saturated rings. The summed E-state index contributed by atoms with van der Waals surface area (Å²) >= 11 is -1.59. The van der Waals surface area contributed by atoms with Crippen LogP contribution in [0.3, 0.4) is 0 Å². The summed E-state index contributed by atoms with van der Waals surface area (Å²) in [6.45, 7) is 21.3. The van der Waals surface area contributed by atoms with E-state index in [2.05, 4.69) is 60.3 Å². The van der Waals surface area contributed by atoms with Gasteiger partial charge in [-0.15, -0.1) is 0 Å². The van der Waals surface area contributed by atoms with Crippen LogP contribution in [0.4, 0.5) is 0 Å². The van der Waals surface area contributed by atoms with Crippen LogP contribution < -0.4 is 0 Å². The average molecular weight is 453 g/mol. The molecule has 0 aromatic carbocycles. The zero-order valence-electron chi connectivity index (χ0n) is 18.9. The van der Waals surface area contributed by atoms with Crippen molar-refractivity contribution in [3.8, 4) is 0 Å². The van der Waals surface area contributed by atoms with E-state index in [1.807, 2.05) is 0 Å². The van der Waals surface area contributed by atoms with Crippen molar-refractivity contribution >= 4 is 21.4 Å². The van der Waals surface area contributed by atoms with Gasteiger partial charge in [-0.3, -0.25) is 0 Å². The Morgan fingerprint density at radius 1 is 0.600 bits per heavy atom. The molecular weight excluding hydrogens is 405 g/mol. The van der Waals surface area contributed by atoms with Crippen LogP contribution in [0.2, 0.25) is 11.5 Å². The second-order valence-electron chi connectivity index (χ2n) is 8.55. The topological polar surface area (TPSA) is 3.24 Å². The first-order valence-corrected chi connectivity index (χ1v) is 18.0. The first kappa shape index (κ1) is 23.9. The molecule has 2 heteroatoms. The summed E-state index contributed by atoms with van der Waals surface area (Å²) in [7, 11) is 0. The molecule has 0 saturated carbocycles. The Labute approximate surface area is 168 Å². The molecule has 0 aliphatic carbocycles. The molecule has 0 aromatic heterocycles. The summed E-state index contributed by atoms with van der Waals surface area (Å²) in [6, 6.07) is 1.69. The predicted molar refractivity (Wildman–Crippen MR) is 117 cm³/mol. The predicted octanol–water partition coefficient (Wildman–Crippen LogP) is 7.40. The number of hydrogen-bond acceptors (Lipinski definition) is 1. The van der Waals surface area contributed by atoms with Crippen LogP contribution in [0.5, 0.6) is 0 Å². The molecule has 1 nitrogen and oxygen atoms in total. The van der Waals surface area contributed by atoms with Gasteiger partial charge < -0.3 is 0 Å². The number of hydrogen-bond donors (Lipinski definition) is 0. The third-order valence-corrected chi connectivity index (χ3v) is 22.2. The van der Waals surface area contributed by atoms with Crippen LogP contribution in [-0.4, -0.2) is 45.0 Å². The van der Waals surface area contributed by atoms with Gasteiger partial charge in [-0.2, -0.15) is 0 Å². The molecule has 0 aromatic rings. The summed E-state index contributed by atoms with van der Waals surface area (Å²) in [5, 5.41) is 0. The van der Waals surface area contributed by atoms with Gasteiger partial charge in [0.1, 0.15) is 0 Å². The van der Waals surface area contributed by atoms with E-state index in [9.17, 15) is 0 Å². The van der Waals surface area contributed by atoms with E-state index in [0.717, 1.165) is 31.3 Å². The van der Waals surface area contributed by atoms with Crippen LogP contribution in [0.15, 0.2) is 0 Å². The van der Waals surface area contributed by atoms with Crippen molar-refractivity contribution in [2.24, 2.45) is 11.8 Å². The van der Waals surface area contributed by atoms with Crippen molar-refractivity contribution in [1.29, 1.82) is 0 Å². The van der Waals surface area contributed by atoms with Gasteiger partial charge in [-0.1, -0.05) is 0 Å². The molecule has 1 heterocycles. The Morgan fingerprint density at radius 3 is 1.28 bits per heavy atom. The minimum absolute atomic E-state index is 0.845. The van der Waals surface area contributed by atoms with E-state index < -0.39 is 21.4 Å². The van der Waals surface area contributed by atoms with Crippen LogP contribution in [0, 0.1) is 11.8 Å². The molecule has 1 aliphatic heterocycles. The van der Waals surface area contributed by atoms with Gasteiger partial charge in [0.05, 0.1) is 0 Å². The SMILES string of the molecule is CCCN1C(CC)C(CC)[CH](CC)[In]([CH2]C)[CH](CC)C(CC)C1CC. The van der Waals surface area contributed by atoms with E-state index in [1.54, 1.807) is 4.18 Å². The summed E-state index contributed by atoms with van der Waals surface area (Å²) in [5.41, 5.74) is 0. The molecule has 1 aliphatic rings. The second-order valence-corrected chi connectivity index (χ2v) is 19.6. The zero-order valence-corrected chi connectivity index (χ0v) is 22.1. The van der Waals surface area contributed by atoms with Crippen molar-refractivity contribution in [3.05, 3.63) is 0 Å². The van der Waals surface area contributed by atoms with E-state index in [0.29, 0.717) is 0 Å². The van der Waals surface area contributed by atoms with E-state index in [1.165, 1.54) is 51.5 Å². The molecule has 0 amide bonds. The van der Waals surface area contributed by atoms with E-state index in [4.69, 9.17) is 0 Å². The number of nitrogens with zero attached hydrogens (tertiary/aromatic N) is 1. The fourth-order valence-corrected chi connectivity index (χ4v) is 22.3. The van der Waals surface area contributed by atoms with Crippen molar-refractivity contribution < 1.29 is 0 Å². The standard InChI is InChI=1S/C21H43N.C2H5.In/c1-8-15-18(11-4)20(13-6)22(17-10-3)21(14-7)19(12-5)16-9-2;1-2;/h15-16,18-21H,8-14,17H2,1-7H3;1H2,2H3;. The summed E-state index contributed by atoms with van der Waals surface area (Å²) < 4.78 is 3.84. The van der Waals surface area contributed by atoms with Crippen LogP contribution in [0.25, 0.3) is 0 Å². The normalized spacial score (nSPS) is 34.8. The van der Waals surface area contributed by atoms with E-state index in [-0.39, 0.29) is 0 Å². The van der Waals surface area contributed by atoms with Crippen LogP contribution >= 0.6 is 0 Å². The summed E-state index contributed by atoms with van der Waals surface area (Å²) in [6.07, 6.45) is 9.79. The van der Waals surface area contributed by atoms with Gasteiger partial charge in [-0.05, 0) is 0 Å². The quantitative estimate of drug-likeness (QED) is 0.352. The third kappa shape index (κ3) is 5.21. The molecule has 0 bridgehead atoms. The van der Waals surface area contributed by atoms with Gasteiger partial charge in [0.25, 0.3) is 0 Å². The van der Waals surface area contributed by atoms with Crippen molar-refractivity contribution in [1.82, 2.24) is 4.90 Å². The monoisotopic (exact) mass is 453 g/mol. The molecule has 25 heavy (non-hydrogen) atoms. The summed E-state index contributed by atoms with van der Waals surface area (Å²) in [4.78, 5) is 3.03. The fraction of sp³-hybridized carbons (Fsp3) is 1.00. The van der Waals surface area contributed by atoms with Crippen LogP contribution in [0.1, 0.15) is 100 Å². The van der Waals surface area contributed by atoms with Gasteiger partial charge in [-0.25, -0.2) is 0 Å².